The molecular weight excluding hydrogens is 319 g/mol. The minimum absolute atomic E-state index is 0. The van der Waals surface area contributed by atoms with Crippen molar-refractivity contribution >= 4 is 21.5 Å². The molecule has 0 aliphatic heterocycles. The Labute approximate surface area is 139 Å². The molecule has 0 N–H and O–H groups in total. The van der Waals surface area contributed by atoms with Crippen molar-refractivity contribution in [2.75, 3.05) is 0 Å². The Bertz CT molecular complexity index is 706. The number of allylic oxidation sites excluding steroid dienone is 4. The molecule has 0 unspecified atom stereocenters. The molecule has 0 spiro atoms. The number of fused-ring (bicyclic) bond motifs is 3. The summed E-state index contributed by atoms with van der Waals surface area (Å²) >= 11 is 0. The van der Waals surface area contributed by atoms with Gasteiger partial charge in [-0.1, -0.05) is 43.3 Å². The van der Waals surface area contributed by atoms with Crippen LogP contribution in [-0.4, -0.2) is 0 Å². The van der Waals surface area contributed by atoms with Gasteiger partial charge in [0.05, 0.1) is 0 Å². The second kappa shape index (κ2) is 6.91. The van der Waals surface area contributed by atoms with E-state index >= 15 is 0 Å². The Morgan fingerprint density at radius 1 is 0.900 bits per heavy atom. The van der Waals surface area contributed by atoms with Crippen LogP contribution < -0.4 is 0 Å². The van der Waals surface area contributed by atoms with Crippen LogP contribution in [0.15, 0.2) is 72.3 Å². The average molecular weight is 336 g/mol. The molecule has 0 aromatic heterocycles. The summed E-state index contributed by atoms with van der Waals surface area (Å²) in [5.41, 5.74) is 1.27. The molecule has 0 radical (unpaired) electrons. The van der Waals surface area contributed by atoms with Crippen molar-refractivity contribution in [2.45, 2.75) is 13.3 Å². The van der Waals surface area contributed by atoms with Crippen LogP contribution in [0.4, 0.5) is 0 Å². The van der Waals surface area contributed by atoms with Gasteiger partial charge in [-0.25, -0.2) is 11.6 Å². The standard InChI is InChI=1S/C13H9.C6H7.Zr/c1-3-7-12-10(5-1)9-11-6-2-4-8-13(11)12;1-6-4-2-3-5-6;/h1-9H;2,4H,3H2,1H3;/q2*-1;+2. The molecule has 1 heteroatoms. The second-order valence-corrected chi connectivity index (χ2v) is 4.79. The molecule has 0 saturated heterocycles. The van der Waals surface area contributed by atoms with Crippen molar-refractivity contribution in [1.29, 1.82) is 0 Å². The molecule has 0 heterocycles. The topological polar surface area (TPSA) is 0 Å². The normalized spacial score (nSPS) is 12.8. The molecule has 0 amide bonds. The fourth-order valence-electron chi connectivity index (χ4n) is 2.42. The number of hydrogen-bond donors (Lipinski definition) is 0. The van der Waals surface area contributed by atoms with Gasteiger partial charge in [-0.05, 0) is 0 Å². The molecule has 1 aliphatic rings. The van der Waals surface area contributed by atoms with E-state index < -0.39 is 0 Å². The maximum atomic E-state index is 3.12. The molecule has 96 valence electrons. The average Bonchev–Trinajstić information content (AvgIpc) is 3.06. The van der Waals surface area contributed by atoms with E-state index in [0.29, 0.717) is 0 Å². The Kier molecular flexibility index (Phi) is 5.20. The fourth-order valence-corrected chi connectivity index (χ4v) is 2.42. The fraction of sp³-hybridized carbons (Fsp3) is 0.105. The first kappa shape index (κ1) is 15.1. The van der Waals surface area contributed by atoms with Crippen molar-refractivity contribution in [3.05, 3.63) is 78.4 Å². The summed E-state index contributed by atoms with van der Waals surface area (Å²) in [4.78, 5) is 0. The number of benzene rings is 2. The molecule has 0 nitrogen and oxygen atoms in total. The Morgan fingerprint density at radius 3 is 1.85 bits per heavy atom. The third kappa shape index (κ3) is 3.22. The monoisotopic (exact) mass is 334 g/mol. The SMILES string of the molecule is CC1=[C-]CC=C1.[Zr+2].c1ccc2c(c1)[cH-]c1ccccc12. The van der Waals surface area contributed by atoms with E-state index in [4.69, 9.17) is 0 Å². The van der Waals surface area contributed by atoms with Gasteiger partial charge in [-0.2, -0.15) is 6.08 Å². The van der Waals surface area contributed by atoms with Gasteiger partial charge in [0, 0.05) is 0 Å². The van der Waals surface area contributed by atoms with Gasteiger partial charge in [0.2, 0.25) is 0 Å². The van der Waals surface area contributed by atoms with Crippen LogP contribution in [0.1, 0.15) is 13.3 Å². The van der Waals surface area contributed by atoms with Crippen LogP contribution in [0.25, 0.3) is 21.5 Å². The summed E-state index contributed by atoms with van der Waals surface area (Å²) in [5.74, 6) is 0. The Morgan fingerprint density at radius 2 is 1.45 bits per heavy atom. The Balaban J connectivity index is 0.000000180. The molecule has 0 atom stereocenters. The van der Waals surface area contributed by atoms with Gasteiger partial charge >= 0.3 is 26.2 Å². The first-order valence-corrected chi connectivity index (χ1v) is 6.62. The first-order chi connectivity index (χ1) is 9.34. The molecule has 1 aliphatic carbocycles. The minimum atomic E-state index is 0. The van der Waals surface area contributed by atoms with E-state index in [0.717, 1.165) is 6.42 Å². The van der Waals surface area contributed by atoms with Gasteiger partial charge in [0.25, 0.3) is 0 Å². The van der Waals surface area contributed by atoms with Crippen molar-refractivity contribution < 1.29 is 26.2 Å². The van der Waals surface area contributed by atoms with E-state index in [1.807, 2.05) is 0 Å². The third-order valence-corrected chi connectivity index (χ3v) is 3.39. The molecule has 20 heavy (non-hydrogen) atoms. The minimum Gasteiger partial charge on any atom is -0.270 e. The van der Waals surface area contributed by atoms with Gasteiger partial charge in [0.1, 0.15) is 0 Å². The smallest absolute Gasteiger partial charge is 0.270 e. The molecule has 3 aromatic rings. The van der Waals surface area contributed by atoms with E-state index in [1.165, 1.54) is 27.1 Å². The van der Waals surface area contributed by atoms with Crippen molar-refractivity contribution in [1.82, 2.24) is 0 Å². The first-order valence-electron chi connectivity index (χ1n) is 6.62. The van der Waals surface area contributed by atoms with E-state index in [2.05, 4.69) is 79.7 Å². The predicted octanol–water partition coefficient (Wildman–Crippen LogP) is 5.41. The van der Waals surface area contributed by atoms with Gasteiger partial charge < -0.3 is 0 Å². The molecular formula is C19H16Zr. The number of rotatable bonds is 0. The third-order valence-electron chi connectivity index (χ3n) is 3.39. The van der Waals surface area contributed by atoms with Gasteiger partial charge in [0.15, 0.2) is 0 Å². The van der Waals surface area contributed by atoms with Crippen LogP contribution in [0.5, 0.6) is 0 Å². The summed E-state index contributed by atoms with van der Waals surface area (Å²) in [6.07, 6.45) is 8.33. The maximum absolute atomic E-state index is 3.12. The molecule has 0 fully saturated rings. The van der Waals surface area contributed by atoms with Crippen molar-refractivity contribution in [3.8, 4) is 0 Å². The zero-order chi connectivity index (χ0) is 13.1. The van der Waals surface area contributed by atoms with Gasteiger partial charge in [-0.3, -0.25) is 6.08 Å². The van der Waals surface area contributed by atoms with E-state index in [1.54, 1.807) is 0 Å². The van der Waals surface area contributed by atoms with Crippen molar-refractivity contribution in [2.24, 2.45) is 0 Å². The molecule has 0 bridgehead atoms. The Hall–Kier alpha value is -1.33. The second-order valence-electron chi connectivity index (χ2n) is 4.79. The summed E-state index contributed by atoms with van der Waals surface area (Å²) in [5, 5.41) is 5.39. The van der Waals surface area contributed by atoms with Crippen LogP contribution in [0, 0.1) is 6.08 Å². The largest absolute Gasteiger partial charge is 2.00 e. The summed E-state index contributed by atoms with van der Waals surface area (Å²) in [7, 11) is 0. The summed E-state index contributed by atoms with van der Waals surface area (Å²) < 4.78 is 0. The molecule has 4 rings (SSSR count). The predicted molar refractivity (Wildman–Crippen MR) is 83.2 cm³/mol. The van der Waals surface area contributed by atoms with Crippen LogP contribution in [0.3, 0.4) is 0 Å². The summed E-state index contributed by atoms with van der Waals surface area (Å²) in [6, 6.07) is 19.3. The van der Waals surface area contributed by atoms with Gasteiger partial charge in [-0.15, -0.1) is 46.2 Å². The van der Waals surface area contributed by atoms with Crippen LogP contribution in [0.2, 0.25) is 0 Å². The number of hydrogen-bond acceptors (Lipinski definition) is 0. The zero-order valence-electron chi connectivity index (χ0n) is 11.6. The van der Waals surface area contributed by atoms with E-state index in [9.17, 15) is 0 Å². The maximum Gasteiger partial charge on any atom is 2.00 e. The van der Waals surface area contributed by atoms with Crippen molar-refractivity contribution in [3.63, 3.8) is 0 Å². The van der Waals surface area contributed by atoms with Crippen LogP contribution in [-0.2, 0) is 26.2 Å². The van der Waals surface area contributed by atoms with Crippen LogP contribution >= 0.6 is 0 Å². The quantitative estimate of drug-likeness (QED) is 0.482. The van der Waals surface area contributed by atoms with E-state index in [-0.39, 0.29) is 26.2 Å². The zero-order valence-corrected chi connectivity index (χ0v) is 14.0. The summed E-state index contributed by atoms with van der Waals surface area (Å²) in [6.45, 7) is 2.06. The molecule has 0 saturated carbocycles. The molecule has 3 aromatic carbocycles.